The minimum atomic E-state index is -0.355. The molecule has 4 heteroatoms. The van der Waals surface area contributed by atoms with E-state index in [0.29, 0.717) is 11.7 Å². The first kappa shape index (κ1) is 15.2. The van der Waals surface area contributed by atoms with Crippen LogP contribution in [0.15, 0.2) is 18.2 Å². The quantitative estimate of drug-likeness (QED) is 0.604. The molecule has 0 amide bonds. The fourth-order valence-corrected chi connectivity index (χ4v) is 1.44. The Bertz CT molecular complexity index is 463. The normalized spacial score (nSPS) is 10.4. The second-order valence-corrected chi connectivity index (χ2v) is 4.52. The van der Waals surface area contributed by atoms with Gasteiger partial charge in [-0.2, -0.15) is 0 Å². The third-order valence-electron chi connectivity index (χ3n) is 2.66. The molecule has 0 radical (unpaired) electrons. The summed E-state index contributed by atoms with van der Waals surface area (Å²) in [6, 6.07) is 5.28. The average molecular weight is 264 g/mol. The summed E-state index contributed by atoms with van der Waals surface area (Å²) < 4.78 is 10.4. The Kier molecular flexibility index (Phi) is 5.55. The van der Waals surface area contributed by atoms with Crippen LogP contribution < -0.4 is 9.47 Å². The Balaban J connectivity index is 3.07. The van der Waals surface area contributed by atoms with E-state index in [1.165, 1.54) is 0 Å². The molecule has 19 heavy (non-hydrogen) atoms. The van der Waals surface area contributed by atoms with Crippen molar-refractivity contribution in [1.29, 1.82) is 0 Å². The fourth-order valence-electron chi connectivity index (χ4n) is 1.44. The fraction of sp³-hybridized carbons (Fsp3) is 0.467. The van der Waals surface area contributed by atoms with Crippen LogP contribution in [0.2, 0.25) is 0 Å². The average Bonchev–Trinajstić information content (AvgIpc) is 2.39. The van der Waals surface area contributed by atoms with Crippen molar-refractivity contribution in [1.82, 2.24) is 0 Å². The van der Waals surface area contributed by atoms with E-state index in [9.17, 15) is 9.59 Å². The molecule has 0 aliphatic heterocycles. The van der Waals surface area contributed by atoms with Crippen molar-refractivity contribution in [3.8, 4) is 11.5 Å². The number of carbonyl (C=O) groups excluding carboxylic acids is 2. The zero-order valence-corrected chi connectivity index (χ0v) is 11.9. The van der Waals surface area contributed by atoms with Crippen molar-refractivity contribution < 1.29 is 19.1 Å². The van der Waals surface area contributed by atoms with Gasteiger partial charge in [0.15, 0.2) is 11.5 Å². The highest BCUT2D eigenvalue weighted by Crippen LogP contribution is 2.31. The zero-order chi connectivity index (χ0) is 14.4. The molecule has 1 rings (SSSR count). The van der Waals surface area contributed by atoms with E-state index in [1.807, 2.05) is 19.9 Å². The minimum Gasteiger partial charge on any atom is -0.423 e. The number of hydrogen-bond acceptors (Lipinski definition) is 4. The molecule has 0 atom stereocenters. The van der Waals surface area contributed by atoms with Crippen LogP contribution in [0.1, 0.15) is 52.0 Å². The van der Waals surface area contributed by atoms with Crippen LogP contribution in [0.4, 0.5) is 0 Å². The molecule has 4 nitrogen and oxygen atoms in total. The molecule has 0 unspecified atom stereocenters. The predicted molar refractivity (Wildman–Crippen MR) is 72.4 cm³/mol. The van der Waals surface area contributed by atoms with Gasteiger partial charge in [-0.1, -0.05) is 33.8 Å². The summed E-state index contributed by atoms with van der Waals surface area (Å²) >= 11 is 0. The molecular formula is C15H20O4. The maximum absolute atomic E-state index is 11.4. The van der Waals surface area contributed by atoms with E-state index in [2.05, 4.69) is 0 Å². The first-order valence-electron chi connectivity index (χ1n) is 6.53. The highest BCUT2D eigenvalue weighted by atomic mass is 16.6. The van der Waals surface area contributed by atoms with Gasteiger partial charge in [0, 0.05) is 12.8 Å². The highest BCUT2D eigenvalue weighted by Gasteiger charge is 2.14. The van der Waals surface area contributed by atoms with Crippen LogP contribution in [-0.4, -0.2) is 11.9 Å². The lowest BCUT2D eigenvalue weighted by atomic mass is 10.0. The summed E-state index contributed by atoms with van der Waals surface area (Å²) in [6.45, 7) is 7.51. The van der Waals surface area contributed by atoms with Crippen molar-refractivity contribution in [2.75, 3.05) is 0 Å². The van der Waals surface area contributed by atoms with Crippen LogP contribution in [-0.2, 0) is 9.59 Å². The van der Waals surface area contributed by atoms with Crippen molar-refractivity contribution in [2.45, 2.75) is 46.5 Å². The van der Waals surface area contributed by atoms with E-state index in [4.69, 9.17) is 9.47 Å². The topological polar surface area (TPSA) is 52.6 Å². The van der Waals surface area contributed by atoms with Gasteiger partial charge in [-0.25, -0.2) is 0 Å². The second-order valence-electron chi connectivity index (χ2n) is 4.52. The summed E-state index contributed by atoms with van der Waals surface area (Å²) in [5.74, 6) is 0.189. The van der Waals surface area contributed by atoms with Crippen LogP contribution >= 0.6 is 0 Å². The third-order valence-corrected chi connectivity index (χ3v) is 2.66. The van der Waals surface area contributed by atoms with Gasteiger partial charge in [-0.15, -0.1) is 0 Å². The third kappa shape index (κ3) is 4.39. The van der Waals surface area contributed by atoms with E-state index in [-0.39, 0.29) is 30.5 Å². The minimum absolute atomic E-state index is 0.271. The van der Waals surface area contributed by atoms with Crippen molar-refractivity contribution in [3.63, 3.8) is 0 Å². The molecule has 1 aromatic carbocycles. The SMILES string of the molecule is CCC(=O)Oc1ccc(C(C)C)cc1OC(=O)CC. The van der Waals surface area contributed by atoms with Gasteiger partial charge in [-0.05, 0) is 23.6 Å². The molecule has 0 heterocycles. The molecule has 0 aromatic heterocycles. The zero-order valence-electron chi connectivity index (χ0n) is 11.9. The summed E-state index contributed by atoms with van der Waals surface area (Å²) in [4.78, 5) is 22.8. The molecule has 104 valence electrons. The molecule has 0 N–H and O–H groups in total. The Morgan fingerprint density at radius 3 is 2.00 bits per heavy atom. The standard InChI is InChI=1S/C15H20O4/c1-5-14(16)18-12-8-7-11(10(3)4)9-13(12)19-15(17)6-2/h7-10H,5-6H2,1-4H3. The lowest BCUT2D eigenvalue weighted by Crippen LogP contribution is -2.11. The molecule has 0 aliphatic rings. The van der Waals surface area contributed by atoms with Crippen molar-refractivity contribution in [3.05, 3.63) is 23.8 Å². The smallest absolute Gasteiger partial charge is 0.311 e. The highest BCUT2D eigenvalue weighted by molar-refractivity contribution is 5.76. The van der Waals surface area contributed by atoms with Crippen molar-refractivity contribution >= 4 is 11.9 Å². The molecule has 0 spiro atoms. The van der Waals surface area contributed by atoms with Gasteiger partial charge in [0.25, 0.3) is 0 Å². The Hall–Kier alpha value is -1.84. The van der Waals surface area contributed by atoms with Gasteiger partial charge in [-0.3, -0.25) is 9.59 Å². The molecule has 0 saturated carbocycles. The number of benzene rings is 1. The van der Waals surface area contributed by atoms with Crippen LogP contribution in [0.3, 0.4) is 0 Å². The lowest BCUT2D eigenvalue weighted by molar-refractivity contribution is -0.136. The van der Waals surface area contributed by atoms with Crippen LogP contribution in [0.5, 0.6) is 11.5 Å². The second kappa shape index (κ2) is 6.92. The molecule has 0 aliphatic carbocycles. The largest absolute Gasteiger partial charge is 0.423 e. The summed E-state index contributed by atoms with van der Waals surface area (Å²) in [5, 5.41) is 0. The van der Waals surface area contributed by atoms with E-state index < -0.39 is 0 Å². The monoisotopic (exact) mass is 264 g/mol. The first-order chi connectivity index (χ1) is 8.97. The van der Waals surface area contributed by atoms with Gasteiger partial charge >= 0.3 is 11.9 Å². The summed E-state index contributed by atoms with van der Waals surface area (Å²) in [7, 11) is 0. The van der Waals surface area contributed by atoms with E-state index >= 15 is 0 Å². The molecule has 0 bridgehead atoms. The van der Waals surface area contributed by atoms with Crippen molar-refractivity contribution in [2.24, 2.45) is 0 Å². The van der Waals surface area contributed by atoms with E-state index in [1.54, 1.807) is 26.0 Å². The Morgan fingerprint density at radius 2 is 1.53 bits per heavy atom. The molecule has 1 aromatic rings. The number of hydrogen-bond donors (Lipinski definition) is 0. The molecular weight excluding hydrogens is 244 g/mol. The van der Waals surface area contributed by atoms with Gasteiger partial charge in [0.1, 0.15) is 0 Å². The van der Waals surface area contributed by atoms with Gasteiger partial charge in [0.05, 0.1) is 0 Å². The summed E-state index contributed by atoms with van der Waals surface area (Å²) in [5.41, 5.74) is 1.02. The lowest BCUT2D eigenvalue weighted by Gasteiger charge is -2.13. The number of ether oxygens (including phenoxy) is 2. The summed E-state index contributed by atoms with van der Waals surface area (Å²) in [6.07, 6.45) is 0.542. The molecule has 0 fully saturated rings. The van der Waals surface area contributed by atoms with Gasteiger partial charge in [0.2, 0.25) is 0 Å². The maximum atomic E-state index is 11.4. The number of esters is 2. The van der Waals surface area contributed by atoms with Gasteiger partial charge < -0.3 is 9.47 Å². The van der Waals surface area contributed by atoms with Crippen LogP contribution in [0.25, 0.3) is 0 Å². The Morgan fingerprint density at radius 1 is 1.00 bits per heavy atom. The predicted octanol–water partition coefficient (Wildman–Crippen LogP) is 3.44. The first-order valence-corrected chi connectivity index (χ1v) is 6.53. The molecule has 0 saturated heterocycles. The number of carbonyl (C=O) groups is 2. The Labute approximate surface area is 113 Å². The number of rotatable bonds is 5. The maximum Gasteiger partial charge on any atom is 0.311 e. The van der Waals surface area contributed by atoms with Crippen LogP contribution in [0, 0.1) is 0 Å². The van der Waals surface area contributed by atoms with E-state index in [0.717, 1.165) is 5.56 Å².